The van der Waals surface area contributed by atoms with Gasteiger partial charge in [-0.3, -0.25) is 4.90 Å². The molecule has 3 fully saturated rings. The Kier molecular flexibility index (Phi) is 6.36. The Morgan fingerprint density at radius 2 is 1.83 bits per heavy atom. The lowest BCUT2D eigenvalue weighted by Crippen LogP contribution is -2.58. The van der Waals surface area contributed by atoms with Crippen molar-refractivity contribution in [3.8, 4) is 0 Å². The molecule has 3 aliphatic heterocycles. The first-order chi connectivity index (χ1) is 11.1. The van der Waals surface area contributed by atoms with Crippen LogP contribution in [0.25, 0.3) is 0 Å². The van der Waals surface area contributed by atoms with Crippen LogP contribution in [-0.4, -0.2) is 86.2 Å². The summed E-state index contributed by atoms with van der Waals surface area (Å²) in [5.74, 6) is 0.849. The average molecular weight is 323 g/mol. The van der Waals surface area contributed by atoms with Crippen LogP contribution >= 0.6 is 0 Å². The van der Waals surface area contributed by atoms with Gasteiger partial charge in [0.2, 0.25) is 0 Å². The van der Waals surface area contributed by atoms with Crippen molar-refractivity contribution in [1.82, 2.24) is 20.0 Å². The first-order valence-electron chi connectivity index (χ1n) is 10.0. The Balaban J connectivity index is 1.57. The van der Waals surface area contributed by atoms with Crippen LogP contribution in [0.3, 0.4) is 0 Å². The van der Waals surface area contributed by atoms with Crippen molar-refractivity contribution in [3.63, 3.8) is 0 Å². The van der Waals surface area contributed by atoms with Crippen LogP contribution in [0.4, 0.5) is 0 Å². The van der Waals surface area contributed by atoms with E-state index in [-0.39, 0.29) is 0 Å². The van der Waals surface area contributed by atoms with Crippen LogP contribution in [0, 0.1) is 5.92 Å². The SMILES string of the molecule is CC1CCCCN1C1CNCCC1CN(C)C1CCN(C)CC1. The van der Waals surface area contributed by atoms with Crippen LogP contribution < -0.4 is 5.32 Å². The third kappa shape index (κ3) is 4.47. The third-order valence-electron chi connectivity index (χ3n) is 6.70. The number of nitrogens with one attached hydrogen (secondary N) is 1. The largest absolute Gasteiger partial charge is 0.315 e. The van der Waals surface area contributed by atoms with Crippen molar-refractivity contribution < 1.29 is 0 Å². The lowest BCUT2D eigenvalue weighted by molar-refractivity contribution is 0.0314. The Morgan fingerprint density at radius 1 is 1.04 bits per heavy atom. The van der Waals surface area contributed by atoms with E-state index in [2.05, 4.69) is 41.0 Å². The lowest BCUT2D eigenvalue weighted by Gasteiger charge is -2.47. The quantitative estimate of drug-likeness (QED) is 0.853. The number of hydrogen-bond acceptors (Lipinski definition) is 4. The first-order valence-corrected chi connectivity index (χ1v) is 10.0. The number of hydrogen-bond donors (Lipinski definition) is 1. The van der Waals surface area contributed by atoms with Gasteiger partial charge in [-0.05, 0) is 85.2 Å². The molecule has 3 aliphatic rings. The van der Waals surface area contributed by atoms with Gasteiger partial charge in [-0.2, -0.15) is 0 Å². The lowest BCUT2D eigenvalue weighted by atomic mass is 9.87. The van der Waals surface area contributed by atoms with Gasteiger partial charge in [0.15, 0.2) is 0 Å². The van der Waals surface area contributed by atoms with Crippen LogP contribution in [0.15, 0.2) is 0 Å². The maximum Gasteiger partial charge on any atom is 0.0264 e. The van der Waals surface area contributed by atoms with E-state index in [9.17, 15) is 0 Å². The van der Waals surface area contributed by atoms with E-state index in [1.54, 1.807) is 0 Å². The van der Waals surface area contributed by atoms with E-state index in [0.717, 1.165) is 24.0 Å². The van der Waals surface area contributed by atoms with Crippen LogP contribution in [0.2, 0.25) is 0 Å². The number of likely N-dealkylation sites (tertiary alicyclic amines) is 2. The van der Waals surface area contributed by atoms with E-state index < -0.39 is 0 Å². The van der Waals surface area contributed by atoms with E-state index in [1.807, 2.05) is 0 Å². The maximum atomic E-state index is 3.67. The van der Waals surface area contributed by atoms with Crippen LogP contribution in [0.1, 0.15) is 45.4 Å². The monoisotopic (exact) mass is 322 g/mol. The summed E-state index contributed by atoms with van der Waals surface area (Å²) >= 11 is 0. The Morgan fingerprint density at radius 3 is 2.57 bits per heavy atom. The molecule has 0 aromatic heterocycles. The van der Waals surface area contributed by atoms with Gasteiger partial charge in [0.1, 0.15) is 0 Å². The van der Waals surface area contributed by atoms with Crippen LogP contribution in [0.5, 0.6) is 0 Å². The summed E-state index contributed by atoms with van der Waals surface area (Å²) in [6, 6.07) is 2.35. The Bertz CT molecular complexity index is 353. The normalized spacial score (nSPS) is 35.7. The van der Waals surface area contributed by atoms with E-state index >= 15 is 0 Å². The van der Waals surface area contributed by atoms with Gasteiger partial charge in [0.05, 0.1) is 0 Å². The molecule has 4 nitrogen and oxygen atoms in total. The summed E-state index contributed by atoms with van der Waals surface area (Å²) in [4.78, 5) is 8.01. The predicted octanol–water partition coefficient (Wildman–Crippen LogP) is 1.86. The molecule has 0 aromatic carbocycles. The third-order valence-corrected chi connectivity index (χ3v) is 6.70. The molecule has 0 saturated carbocycles. The standard InChI is InChI=1S/C19H38N4/c1-16-6-4-5-11-23(16)19-14-20-10-7-17(19)15-22(3)18-8-12-21(2)13-9-18/h16-20H,4-15H2,1-3H3. The van der Waals surface area contributed by atoms with E-state index in [4.69, 9.17) is 0 Å². The smallest absolute Gasteiger partial charge is 0.0264 e. The van der Waals surface area contributed by atoms with Gasteiger partial charge in [-0.25, -0.2) is 0 Å². The predicted molar refractivity (Wildman–Crippen MR) is 97.9 cm³/mol. The van der Waals surface area contributed by atoms with Gasteiger partial charge >= 0.3 is 0 Å². The Hall–Kier alpha value is -0.160. The highest BCUT2D eigenvalue weighted by molar-refractivity contribution is 4.91. The number of rotatable bonds is 4. The van der Waals surface area contributed by atoms with Crippen LogP contribution in [-0.2, 0) is 0 Å². The zero-order valence-corrected chi connectivity index (χ0v) is 15.6. The molecule has 3 atom stereocenters. The minimum Gasteiger partial charge on any atom is -0.315 e. The van der Waals surface area contributed by atoms with Crippen molar-refractivity contribution in [2.45, 2.75) is 63.6 Å². The second-order valence-corrected chi connectivity index (χ2v) is 8.38. The fourth-order valence-electron chi connectivity index (χ4n) is 5.07. The summed E-state index contributed by atoms with van der Waals surface area (Å²) < 4.78 is 0. The van der Waals surface area contributed by atoms with Gasteiger partial charge < -0.3 is 15.1 Å². The fraction of sp³-hybridized carbons (Fsp3) is 1.00. The number of piperidine rings is 3. The number of nitrogens with zero attached hydrogens (tertiary/aromatic N) is 3. The summed E-state index contributed by atoms with van der Waals surface area (Å²) in [6.07, 6.45) is 8.28. The van der Waals surface area contributed by atoms with Crippen molar-refractivity contribution in [3.05, 3.63) is 0 Å². The van der Waals surface area contributed by atoms with E-state index in [1.165, 1.54) is 77.8 Å². The van der Waals surface area contributed by atoms with Gasteiger partial charge in [0.25, 0.3) is 0 Å². The second-order valence-electron chi connectivity index (χ2n) is 8.38. The highest BCUT2D eigenvalue weighted by Crippen LogP contribution is 2.27. The summed E-state index contributed by atoms with van der Waals surface area (Å²) in [7, 11) is 4.64. The van der Waals surface area contributed by atoms with Crippen molar-refractivity contribution >= 4 is 0 Å². The molecule has 3 heterocycles. The molecule has 3 saturated heterocycles. The average Bonchev–Trinajstić information content (AvgIpc) is 2.56. The minimum absolute atomic E-state index is 0.757. The molecule has 134 valence electrons. The van der Waals surface area contributed by atoms with Crippen molar-refractivity contribution in [2.24, 2.45) is 5.92 Å². The molecular weight excluding hydrogens is 284 g/mol. The Labute approximate surface area is 143 Å². The molecule has 3 rings (SSSR count). The highest BCUT2D eigenvalue weighted by Gasteiger charge is 2.35. The highest BCUT2D eigenvalue weighted by atomic mass is 15.2. The van der Waals surface area contributed by atoms with E-state index in [0.29, 0.717) is 0 Å². The molecule has 4 heteroatoms. The molecule has 0 spiro atoms. The molecule has 0 amide bonds. The molecule has 0 radical (unpaired) electrons. The van der Waals surface area contributed by atoms with Crippen molar-refractivity contribution in [2.75, 3.05) is 53.4 Å². The second kappa shape index (κ2) is 8.28. The topological polar surface area (TPSA) is 21.8 Å². The molecule has 1 N–H and O–H groups in total. The fourth-order valence-corrected chi connectivity index (χ4v) is 5.07. The summed E-state index contributed by atoms with van der Waals surface area (Å²) in [5, 5.41) is 3.67. The van der Waals surface area contributed by atoms with Gasteiger partial charge in [-0.1, -0.05) is 6.42 Å². The molecule has 0 aliphatic carbocycles. The molecule has 3 unspecified atom stereocenters. The molecule has 0 bridgehead atoms. The maximum absolute atomic E-state index is 3.67. The van der Waals surface area contributed by atoms with Gasteiger partial charge in [0, 0.05) is 31.2 Å². The zero-order valence-electron chi connectivity index (χ0n) is 15.6. The molecule has 23 heavy (non-hydrogen) atoms. The first kappa shape index (κ1) is 17.7. The molecule has 0 aromatic rings. The summed E-state index contributed by atoms with van der Waals surface area (Å²) in [5.41, 5.74) is 0. The molecular formula is C19H38N4. The zero-order chi connectivity index (χ0) is 16.2. The minimum atomic E-state index is 0.757. The van der Waals surface area contributed by atoms with Crippen molar-refractivity contribution in [1.29, 1.82) is 0 Å². The van der Waals surface area contributed by atoms with Gasteiger partial charge in [-0.15, -0.1) is 0 Å². The summed E-state index contributed by atoms with van der Waals surface area (Å²) in [6.45, 7) is 10.0.